The number of carbonyl (C=O) groups excluding carboxylic acids is 1. The Morgan fingerprint density at radius 2 is 2.05 bits per heavy atom. The summed E-state index contributed by atoms with van der Waals surface area (Å²) >= 11 is 0. The number of amides is 1. The van der Waals surface area contributed by atoms with Crippen molar-refractivity contribution in [2.45, 2.75) is 45.2 Å². The minimum absolute atomic E-state index is 0.166. The van der Waals surface area contributed by atoms with E-state index in [1.54, 1.807) is 0 Å². The molecule has 1 aliphatic rings. The number of rotatable bonds is 4. The van der Waals surface area contributed by atoms with Gasteiger partial charge < -0.3 is 10.2 Å². The Bertz CT molecular complexity index is 413. The second-order valence-electron chi connectivity index (χ2n) is 5.60. The maximum Gasteiger partial charge on any atom is 0.221 e. The third kappa shape index (κ3) is 4.35. The highest BCUT2D eigenvalue weighted by molar-refractivity contribution is 5.76. The Morgan fingerprint density at radius 1 is 1.32 bits per heavy atom. The first-order valence-electron chi connectivity index (χ1n) is 7.17. The topological polar surface area (TPSA) is 32.3 Å². The molecule has 1 aromatic rings. The summed E-state index contributed by atoms with van der Waals surface area (Å²) in [4.78, 5) is 14.3. The van der Waals surface area contributed by atoms with Gasteiger partial charge in [0.1, 0.15) is 0 Å². The number of hydrogen-bond acceptors (Lipinski definition) is 2. The Hall–Kier alpha value is -1.35. The predicted molar refractivity (Wildman–Crippen MR) is 77.9 cm³/mol. The molecule has 3 nitrogen and oxygen atoms in total. The van der Waals surface area contributed by atoms with Crippen molar-refractivity contribution in [2.75, 3.05) is 13.6 Å². The Balaban J connectivity index is 1.76. The van der Waals surface area contributed by atoms with Crippen LogP contribution in [-0.2, 0) is 11.3 Å². The van der Waals surface area contributed by atoms with Crippen molar-refractivity contribution >= 4 is 5.91 Å². The molecule has 104 valence electrons. The van der Waals surface area contributed by atoms with Gasteiger partial charge >= 0.3 is 0 Å². The van der Waals surface area contributed by atoms with Crippen molar-refractivity contribution in [1.82, 2.24) is 10.2 Å². The quantitative estimate of drug-likeness (QED) is 0.902. The minimum atomic E-state index is 0.166. The first-order chi connectivity index (χ1) is 9.15. The molecule has 1 N–H and O–H groups in total. The summed E-state index contributed by atoms with van der Waals surface area (Å²) in [6.45, 7) is 3.83. The molecule has 0 aromatic heterocycles. The molecule has 3 heteroatoms. The Labute approximate surface area is 116 Å². The van der Waals surface area contributed by atoms with Gasteiger partial charge in [-0.3, -0.25) is 4.79 Å². The normalized spacial score (nSPS) is 20.2. The first kappa shape index (κ1) is 14.1. The molecular formula is C16H24N2O. The maximum atomic E-state index is 12.0. The molecule has 1 atom stereocenters. The highest BCUT2D eigenvalue weighted by atomic mass is 16.1. The fraction of sp³-hybridized carbons (Fsp3) is 0.562. The van der Waals surface area contributed by atoms with Gasteiger partial charge in [0, 0.05) is 19.0 Å². The van der Waals surface area contributed by atoms with Crippen LogP contribution >= 0.6 is 0 Å². The Kier molecular flexibility index (Phi) is 4.97. The second kappa shape index (κ2) is 6.71. The lowest BCUT2D eigenvalue weighted by atomic mass is 10.00. The fourth-order valence-corrected chi connectivity index (χ4v) is 2.59. The summed E-state index contributed by atoms with van der Waals surface area (Å²) in [5.41, 5.74) is 2.41. The number of piperidine rings is 1. The number of benzene rings is 1. The summed E-state index contributed by atoms with van der Waals surface area (Å²) in [5.74, 6) is 0.166. The minimum Gasteiger partial charge on any atom is -0.352 e. The number of aryl methyl sites for hydroxylation is 1. The van der Waals surface area contributed by atoms with Crippen LogP contribution in [0.2, 0.25) is 0 Å². The van der Waals surface area contributed by atoms with Crippen LogP contribution < -0.4 is 5.32 Å². The van der Waals surface area contributed by atoms with Crippen molar-refractivity contribution in [3.05, 3.63) is 35.4 Å². The van der Waals surface area contributed by atoms with Gasteiger partial charge in [0.05, 0.1) is 0 Å². The number of likely N-dealkylation sites (tertiary alicyclic amines) is 1. The molecule has 1 fully saturated rings. The molecule has 2 rings (SSSR count). The zero-order chi connectivity index (χ0) is 13.7. The number of nitrogens with one attached hydrogen (secondary N) is 1. The smallest absolute Gasteiger partial charge is 0.221 e. The van der Waals surface area contributed by atoms with Crippen LogP contribution in [0.5, 0.6) is 0 Å². The van der Waals surface area contributed by atoms with Crippen molar-refractivity contribution in [3.63, 3.8) is 0 Å². The Morgan fingerprint density at radius 3 is 2.74 bits per heavy atom. The summed E-state index contributed by atoms with van der Waals surface area (Å²) in [5, 5.41) is 3.02. The molecule has 0 spiro atoms. The van der Waals surface area contributed by atoms with Gasteiger partial charge in [-0.05, 0) is 38.9 Å². The lowest BCUT2D eigenvalue weighted by Gasteiger charge is -2.31. The molecule has 0 aliphatic carbocycles. The molecule has 1 heterocycles. The van der Waals surface area contributed by atoms with E-state index in [2.05, 4.69) is 48.5 Å². The summed E-state index contributed by atoms with van der Waals surface area (Å²) < 4.78 is 0. The summed E-state index contributed by atoms with van der Waals surface area (Å²) in [6, 6.07) is 8.73. The highest BCUT2D eigenvalue weighted by Gasteiger charge is 2.21. The van der Waals surface area contributed by atoms with Gasteiger partial charge in [0.25, 0.3) is 0 Å². The van der Waals surface area contributed by atoms with E-state index in [0.29, 0.717) is 19.0 Å². The lowest BCUT2D eigenvalue weighted by molar-refractivity contribution is -0.122. The van der Waals surface area contributed by atoms with E-state index < -0.39 is 0 Å². The van der Waals surface area contributed by atoms with E-state index in [-0.39, 0.29) is 5.91 Å². The zero-order valence-electron chi connectivity index (χ0n) is 12.0. The number of hydrogen-bond donors (Lipinski definition) is 1. The van der Waals surface area contributed by atoms with Crippen LogP contribution in [0, 0.1) is 6.92 Å². The van der Waals surface area contributed by atoms with Crippen LogP contribution in [0.3, 0.4) is 0 Å². The third-order valence-corrected chi connectivity index (χ3v) is 3.95. The van der Waals surface area contributed by atoms with E-state index in [1.165, 1.54) is 18.4 Å². The highest BCUT2D eigenvalue weighted by Crippen LogP contribution is 2.17. The van der Waals surface area contributed by atoms with Crippen molar-refractivity contribution in [2.24, 2.45) is 0 Å². The SMILES string of the molecule is Cc1ccc(CNC(=O)CC2CCCCN2C)cc1. The van der Waals surface area contributed by atoms with E-state index in [0.717, 1.165) is 18.5 Å². The van der Waals surface area contributed by atoms with Crippen molar-refractivity contribution in [3.8, 4) is 0 Å². The molecule has 1 amide bonds. The number of nitrogens with zero attached hydrogens (tertiary/aromatic N) is 1. The van der Waals surface area contributed by atoms with Crippen molar-refractivity contribution in [1.29, 1.82) is 0 Å². The van der Waals surface area contributed by atoms with Gasteiger partial charge in [-0.2, -0.15) is 0 Å². The van der Waals surface area contributed by atoms with Crippen LogP contribution in [0.1, 0.15) is 36.8 Å². The molecule has 1 unspecified atom stereocenters. The van der Waals surface area contributed by atoms with Crippen LogP contribution in [0.15, 0.2) is 24.3 Å². The second-order valence-corrected chi connectivity index (χ2v) is 5.60. The molecule has 19 heavy (non-hydrogen) atoms. The van der Waals surface area contributed by atoms with Gasteiger partial charge in [0.2, 0.25) is 5.91 Å². The molecule has 0 saturated carbocycles. The summed E-state index contributed by atoms with van der Waals surface area (Å²) in [6.07, 6.45) is 4.29. The average Bonchev–Trinajstić information content (AvgIpc) is 2.41. The first-order valence-corrected chi connectivity index (χ1v) is 7.17. The summed E-state index contributed by atoms with van der Waals surface area (Å²) in [7, 11) is 2.12. The van der Waals surface area contributed by atoms with Gasteiger partial charge in [0.15, 0.2) is 0 Å². The van der Waals surface area contributed by atoms with Crippen LogP contribution in [0.25, 0.3) is 0 Å². The zero-order valence-corrected chi connectivity index (χ0v) is 12.0. The van der Waals surface area contributed by atoms with Crippen molar-refractivity contribution < 1.29 is 4.79 Å². The monoisotopic (exact) mass is 260 g/mol. The van der Waals surface area contributed by atoms with Gasteiger partial charge in [-0.25, -0.2) is 0 Å². The average molecular weight is 260 g/mol. The van der Waals surface area contributed by atoms with Crippen LogP contribution in [0.4, 0.5) is 0 Å². The third-order valence-electron chi connectivity index (χ3n) is 3.95. The molecule has 1 aliphatic heterocycles. The lowest BCUT2D eigenvalue weighted by Crippen LogP contribution is -2.40. The maximum absolute atomic E-state index is 12.0. The molecule has 1 saturated heterocycles. The van der Waals surface area contributed by atoms with Crippen LogP contribution in [-0.4, -0.2) is 30.4 Å². The fourth-order valence-electron chi connectivity index (χ4n) is 2.59. The predicted octanol–water partition coefficient (Wildman–Crippen LogP) is 2.49. The molecule has 0 bridgehead atoms. The molecule has 0 radical (unpaired) electrons. The van der Waals surface area contributed by atoms with E-state index in [9.17, 15) is 4.79 Å². The van der Waals surface area contributed by atoms with E-state index >= 15 is 0 Å². The largest absolute Gasteiger partial charge is 0.352 e. The number of carbonyl (C=O) groups is 1. The van der Waals surface area contributed by atoms with E-state index in [4.69, 9.17) is 0 Å². The molecular weight excluding hydrogens is 236 g/mol. The molecule has 1 aromatic carbocycles. The standard InChI is InChI=1S/C16H24N2O/c1-13-6-8-14(9-7-13)12-17-16(19)11-15-5-3-4-10-18(15)2/h6-9,15H,3-5,10-12H2,1-2H3,(H,17,19). The van der Waals surface area contributed by atoms with Gasteiger partial charge in [-0.15, -0.1) is 0 Å². The van der Waals surface area contributed by atoms with Gasteiger partial charge in [-0.1, -0.05) is 36.2 Å². The van der Waals surface area contributed by atoms with E-state index in [1.807, 2.05) is 0 Å².